The van der Waals surface area contributed by atoms with Gasteiger partial charge in [-0.25, -0.2) is 9.78 Å². The molecule has 19 N–H and O–H groups in total. The van der Waals surface area contributed by atoms with Gasteiger partial charge < -0.3 is 85.4 Å². The maximum absolute atomic E-state index is 14.5. The van der Waals surface area contributed by atoms with E-state index < -0.39 is 138 Å². The molecule has 0 bridgehead atoms. The minimum absolute atomic E-state index is 0.0185. The van der Waals surface area contributed by atoms with Gasteiger partial charge in [0.05, 0.1) is 19.0 Å². The van der Waals surface area contributed by atoms with Gasteiger partial charge >= 0.3 is 5.97 Å². The van der Waals surface area contributed by atoms with E-state index in [1.54, 1.807) is 27.7 Å². The molecule has 2 heterocycles. The number of hydrogen-bond donors (Lipinski definition) is 16. The Kier molecular flexibility index (Phi) is 28.4. The number of imidazole rings is 1. The second-order valence-corrected chi connectivity index (χ2v) is 22.0. The van der Waals surface area contributed by atoms with Gasteiger partial charge in [0.1, 0.15) is 60.1 Å². The van der Waals surface area contributed by atoms with E-state index in [1.165, 1.54) is 43.7 Å². The van der Waals surface area contributed by atoms with E-state index in [0.717, 1.165) is 21.6 Å². The Morgan fingerprint density at radius 1 is 0.603 bits per heavy atom. The molecular formula is C49H78N14O13S2. The van der Waals surface area contributed by atoms with E-state index in [9.17, 15) is 63.3 Å². The molecule has 1 aromatic heterocycles. The van der Waals surface area contributed by atoms with Crippen molar-refractivity contribution < 1.29 is 63.3 Å². The number of carboxylic acid groups (broad SMARTS) is 1. The zero-order valence-corrected chi connectivity index (χ0v) is 46.1. The lowest BCUT2D eigenvalue weighted by Gasteiger charge is -2.29. The summed E-state index contributed by atoms with van der Waals surface area (Å²) in [7, 11) is 1.99. The summed E-state index contributed by atoms with van der Waals surface area (Å²) in [5.74, 6) is -10.8. The summed E-state index contributed by atoms with van der Waals surface area (Å²) in [6.45, 7) is 7.22. The van der Waals surface area contributed by atoms with E-state index in [4.69, 9.17) is 17.2 Å². The van der Waals surface area contributed by atoms with Crippen LogP contribution in [-0.2, 0) is 60.8 Å². The minimum Gasteiger partial charge on any atom is -0.508 e. The molecule has 1 aliphatic heterocycles. The van der Waals surface area contributed by atoms with Crippen molar-refractivity contribution in [3.63, 3.8) is 0 Å². The van der Waals surface area contributed by atoms with E-state index in [-0.39, 0.29) is 56.0 Å². The van der Waals surface area contributed by atoms with Crippen molar-refractivity contribution >= 4 is 80.7 Å². The number of hydrogen-bond acceptors (Lipinski definition) is 18. The van der Waals surface area contributed by atoms with Crippen LogP contribution in [0.1, 0.15) is 84.4 Å². The van der Waals surface area contributed by atoms with Crippen LogP contribution in [0.4, 0.5) is 0 Å². The molecule has 1 aromatic carbocycles. The first-order valence-corrected chi connectivity index (χ1v) is 28.2. The fraction of sp³-hybridized carbons (Fsp3) is 0.612. The molecule has 0 saturated carbocycles. The summed E-state index contributed by atoms with van der Waals surface area (Å²) in [4.78, 5) is 145. The number of benzene rings is 1. The number of carboxylic acids is 1. The van der Waals surface area contributed by atoms with Gasteiger partial charge in [0, 0.05) is 36.2 Å². The standard InChI is InChI=1S/C49H78N14O13S2/c1-25(2)38-47(73)61-37(49(75)76)23-78-77-22-31(52)41(67)55-27(5)40(66)56-32(10-6-8-16-50)42(68)58-34(18-28-12-14-30(65)15-13-28)44(70)57-33(11-7-9-17-51)43(69)59-35(19-29-20-53-24-54-29)45(71)60-36(21-64)46(72)62-39(26(3)4)48(74)63-38/h12-15,20,24-27,31-39,64-65H,6-11,16-19,21-23,50-52H2,1-5H3,(H,53,54)(H,55,67)(H,56,66)(H,57,70)(H,58,68)(H,59,69)(H,60,71)(H,61,73)(H,62,72)(H,63,74)(H,75,76)/t27-,31-,32-,33-,34?,35?,36-,37-,38?,39?/m0/s1. The quantitative estimate of drug-likeness (QED) is 0.0577. The third-order valence-electron chi connectivity index (χ3n) is 12.4. The smallest absolute Gasteiger partial charge is 0.327 e. The summed E-state index contributed by atoms with van der Waals surface area (Å²) < 4.78 is 0. The molecule has 2 aromatic rings. The summed E-state index contributed by atoms with van der Waals surface area (Å²) in [5.41, 5.74) is 18.5. The second-order valence-electron chi connectivity index (χ2n) is 19.5. The zero-order valence-electron chi connectivity index (χ0n) is 44.5. The molecule has 3 rings (SSSR count). The molecule has 0 radical (unpaired) electrons. The molecule has 434 valence electrons. The number of carbonyl (C=O) groups excluding carboxylic acids is 9. The SMILES string of the molecule is CC(C)C1NC(=O)C(C(C)C)NC(=O)[C@H](CO)NC(=O)C(Cc2cnc[nH]2)NC(=O)[C@H](CCCCN)NC(=O)C(Cc2ccc(O)cc2)NC(=O)[C@H](CCCCN)NC(=O)[C@H](C)NC(=O)[C@@H](N)CSSC[C@@H](C(=O)O)NC1=O. The first-order chi connectivity index (χ1) is 37.0. The van der Waals surface area contributed by atoms with E-state index in [2.05, 4.69) is 57.8 Å². The first kappa shape index (κ1) is 65.8. The summed E-state index contributed by atoms with van der Waals surface area (Å²) >= 11 is 0. The Labute approximate surface area is 460 Å². The number of aromatic nitrogens is 2. The van der Waals surface area contributed by atoms with Crippen molar-refractivity contribution in [2.24, 2.45) is 29.0 Å². The third kappa shape index (κ3) is 22.1. The Balaban J connectivity index is 2.11. The summed E-state index contributed by atoms with van der Waals surface area (Å²) in [5, 5.41) is 53.6. The number of phenols is 1. The molecule has 10 atom stereocenters. The number of nitrogens with zero attached hydrogens (tertiary/aromatic N) is 1. The van der Waals surface area contributed by atoms with E-state index in [0.29, 0.717) is 36.9 Å². The van der Waals surface area contributed by atoms with Gasteiger partial charge in [0.25, 0.3) is 0 Å². The van der Waals surface area contributed by atoms with Crippen LogP contribution in [-0.4, -0.2) is 176 Å². The van der Waals surface area contributed by atoms with Crippen LogP contribution in [0.3, 0.4) is 0 Å². The summed E-state index contributed by atoms with van der Waals surface area (Å²) in [6.07, 6.45) is 3.82. The van der Waals surface area contributed by atoms with Crippen molar-refractivity contribution in [2.45, 2.75) is 146 Å². The Morgan fingerprint density at radius 3 is 1.56 bits per heavy atom. The van der Waals surface area contributed by atoms with Crippen LogP contribution in [0.25, 0.3) is 0 Å². The second kappa shape index (κ2) is 33.7. The number of aromatic amines is 1. The van der Waals surface area contributed by atoms with Crippen molar-refractivity contribution in [3.8, 4) is 5.75 Å². The molecule has 78 heavy (non-hydrogen) atoms. The number of H-pyrrole nitrogens is 1. The molecule has 1 fully saturated rings. The molecule has 9 amide bonds. The van der Waals surface area contributed by atoms with Gasteiger partial charge in [-0.15, -0.1) is 0 Å². The molecule has 1 saturated heterocycles. The maximum atomic E-state index is 14.5. The molecule has 29 heteroatoms. The average molecular weight is 1140 g/mol. The number of unbranched alkanes of at least 4 members (excludes halogenated alkanes) is 2. The van der Waals surface area contributed by atoms with Gasteiger partial charge in [0.15, 0.2) is 0 Å². The predicted molar refractivity (Wildman–Crippen MR) is 290 cm³/mol. The zero-order chi connectivity index (χ0) is 58.1. The number of aliphatic carboxylic acids is 1. The van der Waals surface area contributed by atoms with Crippen LogP contribution in [0.15, 0.2) is 36.8 Å². The van der Waals surface area contributed by atoms with Gasteiger partial charge in [-0.1, -0.05) is 61.4 Å². The molecule has 0 aliphatic carbocycles. The van der Waals surface area contributed by atoms with E-state index >= 15 is 0 Å². The van der Waals surface area contributed by atoms with Gasteiger partial charge in [-0.2, -0.15) is 0 Å². The lowest BCUT2D eigenvalue weighted by Crippen LogP contribution is -2.62. The number of aliphatic hydroxyl groups is 1. The molecule has 4 unspecified atom stereocenters. The monoisotopic (exact) mass is 1130 g/mol. The number of nitrogens with one attached hydrogen (secondary N) is 10. The highest BCUT2D eigenvalue weighted by Gasteiger charge is 2.37. The van der Waals surface area contributed by atoms with Crippen LogP contribution < -0.4 is 65.1 Å². The average Bonchev–Trinajstić information content (AvgIpc) is 3.91. The topological polar surface area (TPSA) is 446 Å². The maximum Gasteiger partial charge on any atom is 0.327 e. The van der Waals surface area contributed by atoms with Crippen LogP contribution >= 0.6 is 21.6 Å². The van der Waals surface area contributed by atoms with Crippen molar-refractivity contribution in [1.82, 2.24) is 57.8 Å². The van der Waals surface area contributed by atoms with Crippen molar-refractivity contribution in [2.75, 3.05) is 31.2 Å². The molecule has 1 aliphatic rings. The van der Waals surface area contributed by atoms with Crippen molar-refractivity contribution in [3.05, 3.63) is 48.0 Å². The van der Waals surface area contributed by atoms with Crippen molar-refractivity contribution in [1.29, 1.82) is 0 Å². The van der Waals surface area contributed by atoms with Crippen LogP contribution in [0, 0.1) is 11.8 Å². The fourth-order valence-electron chi connectivity index (χ4n) is 7.71. The lowest BCUT2D eigenvalue weighted by atomic mass is 9.99. The summed E-state index contributed by atoms with van der Waals surface area (Å²) in [6, 6.07) is -8.15. The number of aliphatic hydroxyl groups excluding tert-OH is 1. The third-order valence-corrected chi connectivity index (χ3v) is 14.8. The van der Waals surface area contributed by atoms with Gasteiger partial charge in [-0.3, -0.25) is 43.2 Å². The van der Waals surface area contributed by atoms with E-state index in [1.807, 2.05) is 0 Å². The van der Waals surface area contributed by atoms with Crippen LogP contribution in [0.2, 0.25) is 0 Å². The van der Waals surface area contributed by atoms with Gasteiger partial charge in [-0.05, 0) is 88.1 Å². The largest absolute Gasteiger partial charge is 0.508 e. The number of rotatable bonds is 16. The first-order valence-electron chi connectivity index (χ1n) is 25.7. The number of amides is 9. The fourth-order valence-corrected chi connectivity index (χ4v) is 9.99. The molecule has 27 nitrogen and oxygen atoms in total. The minimum atomic E-state index is -1.71. The number of aromatic hydroxyl groups is 1. The predicted octanol–water partition coefficient (Wildman–Crippen LogP) is -3.35. The number of nitrogens with two attached hydrogens (primary N) is 3. The highest BCUT2D eigenvalue weighted by molar-refractivity contribution is 8.76. The molecule has 0 spiro atoms. The number of phenolic OH excluding ortho intramolecular Hbond substituents is 1. The number of carbonyl (C=O) groups is 10. The van der Waals surface area contributed by atoms with Gasteiger partial charge in [0.2, 0.25) is 53.2 Å². The molecular weight excluding hydrogens is 1060 g/mol. The Hall–Kier alpha value is -6.53. The Bertz CT molecular complexity index is 2310. The highest BCUT2D eigenvalue weighted by Crippen LogP contribution is 2.23. The van der Waals surface area contributed by atoms with Crippen LogP contribution in [0.5, 0.6) is 5.75 Å². The Morgan fingerprint density at radius 2 is 1.06 bits per heavy atom. The lowest BCUT2D eigenvalue weighted by molar-refractivity contribution is -0.142. The normalized spacial score (nSPS) is 25.9. The highest BCUT2D eigenvalue weighted by atomic mass is 33.1.